The molecule has 1 fully saturated rings. The number of anilines is 1. The van der Waals surface area contributed by atoms with Crippen molar-refractivity contribution in [2.24, 2.45) is 7.05 Å². The number of nitrogens with zero attached hydrogens (tertiary/aromatic N) is 6. The van der Waals surface area contributed by atoms with E-state index in [9.17, 15) is 9.90 Å². The maximum absolute atomic E-state index is 12.8. The average Bonchev–Trinajstić information content (AvgIpc) is 3.07. The third kappa shape index (κ3) is 3.88. The fraction of sp³-hybridized carbons (Fsp3) is 0.550. The topological polar surface area (TPSA) is 77.7 Å². The Hall–Kier alpha value is -2.45. The molecule has 0 aliphatic carbocycles. The van der Waals surface area contributed by atoms with Crippen LogP contribution in [0.15, 0.2) is 30.7 Å². The van der Waals surface area contributed by atoms with Crippen LogP contribution in [0.25, 0.3) is 0 Å². The van der Waals surface area contributed by atoms with E-state index in [1.807, 2.05) is 34.8 Å². The number of piperazine rings is 1. The van der Waals surface area contributed by atoms with Crippen molar-refractivity contribution in [3.05, 3.63) is 42.0 Å². The van der Waals surface area contributed by atoms with Gasteiger partial charge in [-0.15, -0.1) is 0 Å². The lowest BCUT2D eigenvalue weighted by Crippen LogP contribution is -2.47. The van der Waals surface area contributed by atoms with Crippen molar-refractivity contribution in [1.82, 2.24) is 24.3 Å². The Kier molecular flexibility index (Phi) is 5.59. The second-order valence-corrected chi connectivity index (χ2v) is 7.55. The molecule has 2 aromatic rings. The first kappa shape index (κ1) is 18.9. The van der Waals surface area contributed by atoms with Crippen LogP contribution in [0.1, 0.15) is 35.0 Å². The molecular formula is C20H28N6O2. The van der Waals surface area contributed by atoms with Crippen LogP contribution in [0.5, 0.6) is 0 Å². The van der Waals surface area contributed by atoms with Crippen LogP contribution in [0.3, 0.4) is 0 Å². The van der Waals surface area contributed by atoms with E-state index in [4.69, 9.17) is 0 Å². The maximum atomic E-state index is 12.8. The molecule has 1 saturated heterocycles. The van der Waals surface area contributed by atoms with Gasteiger partial charge in [-0.05, 0) is 31.5 Å². The molecule has 2 aliphatic heterocycles. The van der Waals surface area contributed by atoms with Crippen molar-refractivity contribution in [1.29, 1.82) is 0 Å². The van der Waals surface area contributed by atoms with Crippen LogP contribution in [-0.2, 0) is 7.05 Å². The molecule has 0 saturated carbocycles. The molecule has 1 amide bonds. The first-order valence-corrected chi connectivity index (χ1v) is 10.0. The lowest BCUT2D eigenvalue weighted by molar-refractivity contribution is 0.0738. The molecule has 4 rings (SSSR count). The minimum absolute atomic E-state index is 0.0400. The summed E-state index contributed by atoms with van der Waals surface area (Å²) in [4.78, 5) is 28.0. The summed E-state index contributed by atoms with van der Waals surface area (Å²) in [5.41, 5.74) is 1.38. The highest BCUT2D eigenvalue weighted by Crippen LogP contribution is 2.27. The smallest absolute Gasteiger partial charge is 0.255 e. The predicted octanol–water partition coefficient (Wildman–Crippen LogP) is 0.907. The van der Waals surface area contributed by atoms with Crippen molar-refractivity contribution in [3.63, 3.8) is 0 Å². The molecule has 8 nitrogen and oxygen atoms in total. The molecule has 28 heavy (non-hydrogen) atoms. The van der Waals surface area contributed by atoms with Gasteiger partial charge in [-0.25, -0.2) is 9.97 Å². The summed E-state index contributed by atoms with van der Waals surface area (Å²) in [6.45, 7) is 6.10. The molecule has 2 aromatic heterocycles. The zero-order valence-corrected chi connectivity index (χ0v) is 16.4. The molecule has 1 unspecified atom stereocenters. The summed E-state index contributed by atoms with van der Waals surface area (Å²) in [7, 11) is 1.88. The number of fused-ring (bicyclic) bond motifs is 1. The van der Waals surface area contributed by atoms with Gasteiger partial charge in [0.25, 0.3) is 5.91 Å². The van der Waals surface area contributed by atoms with E-state index in [-0.39, 0.29) is 5.91 Å². The molecule has 2 aliphatic rings. The molecule has 150 valence electrons. The lowest BCUT2D eigenvalue weighted by atomic mass is 10.1. The normalized spacial score (nSPS) is 20.9. The van der Waals surface area contributed by atoms with Gasteiger partial charge in [-0.2, -0.15) is 0 Å². The Morgan fingerprint density at radius 2 is 1.86 bits per heavy atom. The van der Waals surface area contributed by atoms with E-state index in [1.165, 1.54) is 0 Å². The zero-order valence-electron chi connectivity index (χ0n) is 16.4. The van der Waals surface area contributed by atoms with E-state index < -0.39 is 6.10 Å². The van der Waals surface area contributed by atoms with Gasteiger partial charge in [0, 0.05) is 64.9 Å². The molecule has 0 bridgehead atoms. The van der Waals surface area contributed by atoms with Crippen LogP contribution in [-0.4, -0.2) is 81.2 Å². The molecule has 0 aromatic carbocycles. The molecule has 1 N–H and O–H groups in total. The van der Waals surface area contributed by atoms with Gasteiger partial charge in [0.2, 0.25) is 5.95 Å². The van der Waals surface area contributed by atoms with E-state index in [0.717, 1.165) is 57.3 Å². The number of aromatic nitrogens is 3. The lowest BCUT2D eigenvalue weighted by Gasteiger charge is -2.35. The Morgan fingerprint density at radius 3 is 2.61 bits per heavy atom. The average molecular weight is 384 g/mol. The highest BCUT2D eigenvalue weighted by Gasteiger charge is 2.29. The summed E-state index contributed by atoms with van der Waals surface area (Å²) < 4.78 is 1.86. The molecule has 4 heterocycles. The van der Waals surface area contributed by atoms with Crippen LogP contribution in [0, 0.1) is 0 Å². The third-order valence-corrected chi connectivity index (χ3v) is 5.74. The van der Waals surface area contributed by atoms with E-state index in [1.54, 1.807) is 12.4 Å². The van der Waals surface area contributed by atoms with Crippen molar-refractivity contribution in [3.8, 4) is 0 Å². The Morgan fingerprint density at radius 1 is 1.11 bits per heavy atom. The van der Waals surface area contributed by atoms with Gasteiger partial charge < -0.3 is 19.5 Å². The fourth-order valence-electron chi connectivity index (χ4n) is 4.15. The minimum atomic E-state index is -0.572. The van der Waals surface area contributed by atoms with Crippen LogP contribution >= 0.6 is 0 Å². The highest BCUT2D eigenvalue weighted by molar-refractivity contribution is 5.96. The minimum Gasteiger partial charge on any atom is -0.387 e. The zero-order chi connectivity index (χ0) is 19.5. The Balaban J connectivity index is 1.26. The Labute approximate surface area is 165 Å². The standard InChI is InChI=1S/C20H28N6O2/c1-23-10-4-16-18(23)17(27)5-11-25(19(16)28)9-3-8-24-12-14-26(15-13-24)20-21-6-2-7-22-20/h2,4,6-7,10,17,27H,3,5,8-9,11-15H2,1H3. The van der Waals surface area contributed by atoms with E-state index in [2.05, 4.69) is 19.8 Å². The van der Waals surface area contributed by atoms with Crippen molar-refractivity contribution in [2.45, 2.75) is 18.9 Å². The van der Waals surface area contributed by atoms with Gasteiger partial charge in [0.05, 0.1) is 17.4 Å². The summed E-state index contributed by atoms with van der Waals surface area (Å²) in [5.74, 6) is 0.840. The van der Waals surface area contributed by atoms with Crippen LogP contribution in [0.4, 0.5) is 5.95 Å². The number of aliphatic hydroxyl groups is 1. The number of hydrogen-bond acceptors (Lipinski definition) is 6. The molecule has 1 atom stereocenters. The first-order valence-electron chi connectivity index (χ1n) is 10.0. The molecule has 0 radical (unpaired) electrons. The fourth-order valence-corrected chi connectivity index (χ4v) is 4.15. The molecule has 8 heteroatoms. The summed E-state index contributed by atoms with van der Waals surface area (Å²) in [5, 5.41) is 10.4. The second kappa shape index (κ2) is 8.28. The first-order chi connectivity index (χ1) is 13.6. The summed E-state index contributed by atoms with van der Waals surface area (Å²) >= 11 is 0. The number of aryl methyl sites for hydroxylation is 1. The molecular weight excluding hydrogens is 356 g/mol. The number of hydrogen-bond donors (Lipinski definition) is 1. The van der Waals surface area contributed by atoms with Crippen molar-refractivity contribution >= 4 is 11.9 Å². The number of carbonyl (C=O) groups excluding carboxylic acids is 1. The van der Waals surface area contributed by atoms with Gasteiger partial charge in [-0.1, -0.05) is 0 Å². The highest BCUT2D eigenvalue weighted by atomic mass is 16.3. The molecule has 0 spiro atoms. The summed E-state index contributed by atoms with van der Waals surface area (Å²) in [6, 6.07) is 3.66. The number of aliphatic hydroxyl groups excluding tert-OH is 1. The maximum Gasteiger partial charge on any atom is 0.255 e. The Bertz CT molecular complexity index is 800. The summed E-state index contributed by atoms with van der Waals surface area (Å²) in [6.07, 6.45) is 6.37. The quantitative estimate of drug-likeness (QED) is 0.826. The van der Waals surface area contributed by atoms with Gasteiger partial charge in [0.1, 0.15) is 0 Å². The van der Waals surface area contributed by atoms with Crippen molar-refractivity contribution in [2.75, 3.05) is 50.7 Å². The van der Waals surface area contributed by atoms with Gasteiger partial charge in [0.15, 0.2) is 0 Å². The number of carbonyl (C=O) groups is 1. The van der Waals surface area contributed by atoms with E-state index >= 15 is 0 Å². The van der Waals surface area contributed by atoms with E-state index in [0.29, 0.717) is 18.5 Å². The van der Waals surface area contributed by atoms with Crippen molar-refractivity contribution < 1.29 is 9.90 Å². The van der Waals surface area contributed by atoms with Gasteiger partial charge in [-0.3, -0.25) is 9.69 Å². The van der Waals surface area contributed by atoms with Crippen LogP contribution in [0.2, 0.25) is 0 Å². The monoisotopic (exact) mass is 384 g/mol. The third-order valence-electron chi connectivity index (χ3n) is 5.74. The number of amides is 1. The van der Waals surface area contributed by atoms with Crippen LogP contribution < -0.4 is 4.90 Å². The largest absolute Gasteiger partial charge is 0.387 e. The predicted molar refractivity (Wildman–Crippen MR) is 106 cm³/mol. The SMILES string of the molecule is Cn1ccc2c1C(O)CCN(CCCN1CCN(c3ncccn3)CC1)C2=O. The van der Waals surface area contributed by atoms with Gasteiger partial charge >= 0.3 is 0 Å². The number of rotatable bonds is 5. The second-order valence-electron chi connectivity index (χ2n) is 7.55.